The first kappa shape index (κ1) is 18.7. The second kappa shape index (κ2) is 7.43. The largest absolute Gasteiger partial charge is 0.367 e. The van der Waals surface area contributed by atoms with Gasteiger partial charge in [0, 0.05) is 44.9 Å². The quantitative estimate of drug-likeness (QED) is 0.823. The first-order chi connectivity index (χ1) is 13.5. The molecule has 2 aliphatic rings. The fourth-order valence-electron chi connectivity index (χ4n) is 4.67. The van der Waals surface area contributed by atoms with Crippen LogP contribution in [0.3, 0.4) is 0 Å². The van der Waals surface area contributed by atoms with E-state index in [0.717, 1.165) is 31.6 Å². The first-order valence-electron chi connectivity index (χ1n) is 9.88. The molecule has 2 atom stereocenters. The van der Waals surface area contributed by atoms with Crippen LogP contribution in [0.2, 0.25) is 0 Å². The number of carbonyl (C=O) groups is 2. The van der Waals surface area contributed by atoms with Crippen LogP contribution in [0.25, 0.3) is 0 Å². The number of aromatic nitrogens is 3. The van der Waals surface area contributed by atoms with Gasteiger partial charge in [-0.3, -0.25) is 9.59 Å². The molecule has 8 heteroatoms. The minimum Gasteiger partial charge on any atom is -0.367 e. The van der Waals surface area contributed by atoms with Crippen molar-refractivity contribution in [1.29, 1.82) is 0 Å². The number of carbonyl (C=O) groups excluding carboxylic acids is 2. The Balaban J connectivity index is 1.58. The number of aromatic amines is 1. The number of likely N-dealkylation sites (N-methyl/N-ethyl adjacent to an activating group) is 1. The maximum absolute atomic E-state index is 13.4. The summed E-state index contributed by atoms with van der Waals surface area (Å²) in [5.41, 5.74) is 0.111. The first-order valence-corrected chi connectivity index (χ1v) is 9.88. The molecule has 2 aromatic heterocycles. The summed E-state index contributed by atoms with van der Waals surface area (Å²) in [5.74, 6) is 0.869. The molecule has 0 radical (unpaired) electrons. The highest BCUT2D eigenvalue weighted by Crippen LogP contribution is 2.43. The fraction of sp³-hybridized carbons (Fsp3) is 0.550. The van der Waals surface area contributed by atoms with E-state index in [1.165, 1.54) is 0 Å². The Labute approximate surface area is 164 Å². The molecule has 4 rings (SSSR count). The SMILES string of the molecule is CN1CC[C@]2(C(=O)NCc3nccn3C)CCCN(C(=O)c3cc[nH]c3)[C@H]2C1. The molecule has 0 saturated carbocycles. The van der Waals surface area contributed by atoms with Crippen molar-refractivity contribution < 1.29 is 9.59 Å². The summed E-state index contributed by atoms with van der Waals surface area (Å²) in [6.07, 6.45) is 9.51. The van der Waals surface area contributed by atoms with E-state index < -0.39 is 5.41 Å². The molecule has 0 spiro atoms. The molecule has 2 saturated heterocycles. The Bertz CT molecular complexity index is 845. The number of imidazole rings is 1. The van der Waals surface area contributed by atoms with Crippen molar-refractivity contribution in [2.75, 3.05) is 26.7 Å². The van der Waals surface area contributed by atoms with Gasteiger partial charge in [-0.1, -0.05) is 0 Å². The third-order valence-corrected chi connectivity index (χ3v) is 6.35. The molecule has 2 fully saturated rings. The predicted molar refractivity (Wildman–Crippen MR) is 104 cm³/mol. The standard InChI is InChI=1S/C20H28N6O2/c1-24-10-6-20(19(28)23-13-17-22-8-11-25(17)2)5-3-9-26(16(20)14-24)18(27)15-4-7-21-12-15/h4,7-8,11-12,16,21H,3,5-6,9-10,13-14H2,1-2H3,(H,23,28)/t16-,20+/m0/s1. The minimum absolute atomic E-state index is 0.00234. The van der Waals surface area contributed by atoms with Gasteiger partial charge in [0.1, 0.15) is 5.82 Å². The molecular weight excluding hydrogens is 356 g/mol. The van der Waals surface area contributed by atoms with Crippen LogP contribution in [-0.4, -0.2) is 68.9 Å². The number of nitrogens with one attached hydrogen (secondary N) is 2. The lowest BCUT2D eigenvalue weighted by Gasteiger charge is -2.53. The van der Waals surface area contributed by atoms with Crippen LogP contribution in [0.1, 0.15) is 35.4 Å². The molecule has 0 unspecified atom stereocenters. The molecule has 8 nitrogen and oxygen atoms in total. The lowest BCUT2D eigenvalue weighted by atomic mass is 9.67. The number of nitrogens with zero attached hydrogens (tertiary/aromatic N) is 4. The van der Waals surface area contributed by atoms with Crippen LogP contribution in [0.4, 0.5) is 0 Å². The molecule has 2 aliphatic heterocycles. The molecule has 150 valence electrons. The van der Waals surface area contributed by atoms with Crippen LogP contribution in [-0.2, 0) is 18.4 Å². The summed E-state index contributed by atoms with van der Waals surface area (Å²) >= 11 is 0. The molecule has 0 aliphatic carbocycles. The monoisotopic (exact) mass is 384 g/mol. The Morgan fingerprint density at radius 2 is 2.18 bits per heavy atom. The van der Waals surface area contributed by atoms with Crippen molar-refractivity contribution in [3.05, 3.63) is 42.2 Å². The predicted octanol–water partition coefficient (Wildman–Crippen LogP) is 0.991. The highest BCUT2D eigenvalue weighted by molar-refractivity contribution is 5.95. The number of hydrogen-bond donors (Lipinski definition) is 2. The number of amides is 2. The molecule has 2 N–H and O–H groups in total. The van der Waals surface area contributed by atoms with Gasteiger partial charge in [-0.05, 0) is 38.9 Å². The summed E-state index contributed by atoms with van der Waals surface area (Å²) in [6.45, 7) is 2.67. The Kier molecular flexibility index (Phi) is 4.97. The van der Waals surface area contributed by atoms with E-state index in [-0.39, 0.29) is 17.9 Å². The van der Waals surface area contributed by atoms with Crippen molar-refractivity contribution in [2.24, 2.45) is 12.5 Å². The molecule has 28 heavy (non-hydrogen) atoms. The van der Waals surface area contributed by atoms with Gasteiger partial charge in [0.05, 0.1) is 23.6 Å². The van der Waals surface area contributed by atoms with Crippen molar-refractivity contribution >= 4 is 11.8 Å². The Morgan fingerprint density at radius 3 is 2.89 bits per heavy atom. The van der Waals surface area contributed by atoms with Crippen molar-refractivity contribution in [3.63, 3.8) is 0 Å². The zero-order valence-electron chi connectivity index (χ0n) is 16.5. The number of likely N-dealkylation sites (tertiary alicyclic amines) is 2. The number of aryl methyl sites for hydroxylation is 1. The lowest BCUT2D eigenvalue weighted by Crippen LogP contribution is -2.66. The van der Waals surface area contributed by atoms with Gasteiger partial charge in [-0.15, -0.1) is 0 Å². The van der Waals surface area contributed by atoms with Crippen LogP contribution < -0.4 is 5.32 Å². The lowest BCUT2D eigenvalue weighted by molar-refractivity contribution is -0.142. The van der Waals surface area contributed by atoms with E-state index >= 15 is 0 Å². The Morgan fingerprint density at radius 1 is 1.32 bits per heavy atom. The summed E-state index contributed by atoms with van der Waals surface area (Å²) in [4.78, 5) is 37.9. The molecular formula is C20H28N6O2. The van der Waals surface area contributed by atoms with E-state index in [1.807, 2.05) is 22.7 Å². The summed E-state index contributed by atoms with van der Waals surface area (Å²) in [5, 5.41) is 3.11. The van der Waals surface area contributed by atoms with Gasteiger partial charge in [0.15, 0.2) is 0 Å². The summed E-state index contributed by atoms with van der Waals surface area (Å²) in [7, 11) is 3.98. The third kappa shape index (κ3) is 3.22. The van der Waals surface area contributed by atoms with Gasteiger partial charge in [0.2, 0.25) is 5.91 Å². The van der Waals surface area contributed by atoms with Crippen LogP contribution in [0.5, 0.6) is 0 Å². The van der Waals surface area contributed by atoms with E-state index in [0.29, 0.717) is 25.2 Å². The number of H-pyrrole nitrogens is 1. The fourth-order valence-corrected chi connectivity index (χ4v) is 4.67. The molecule has 0 aromatic carbocycles. The number of fused-ring (bicyclic) bond motifs is 1. The van der Waals surface area contributed by atoms with Crippen LogP contribution in [0.15, 0.2) is 30.9 Å². The van der Waals surface area contributed by atoms with Crippen molar-refractivity contribution in [3.8, 4) is 0 Å². The van der Waals surface area contributed by atoms with Crippen LogP contribution >= 0.6 is 0 Å². The summed E-state index contributed by atoms with van der Waals surface area (Å²) in [6, 6.07) is 1.68. The average molecular weight is 384 g/mol. The van der Waals surface area contributed by atoms with Crippen molar-refractivity contribution in [2.45, 2.75) is 31.8 Å². The normalized spacial score (nSPS) is 25.4. The number of hydrogen-bond acceptors (Lipinski definition) is 4. The highest BCUT2D eigenvalue weighted by Gasteiger charge is 2.53. The van der Waals surface area contributed by atoms with E-state index in [4.69, 9.17) is 0 Å². The molecule has 2 aromatic rings. The van der Waals surface area contributed by atoms with E-state index in [1.54, 1.807) is 24.7 Å². The Hall–Kier alpha value is -2.61. The molecule has 2 amide bonds. The van der Waals surface area contributed by atoms with Crippen molar-refractivity contribution in [1.82, 2.24) is 29.7 Å². The van der Waals surface area contributed by atoms with Crippen LogP contribution in [0, 0.1) is 5.41 Å². The maximum atomic E-state index is 13.4. The number of rotatable bonds is 4. The molecule has 0 bridgehead atoms. The van der Waals surface area contributed by atoms with Gasteiger partial charge >= 0.3 is 0 Å². The second-order valence-electron chi connectivity index (χ2n) is 8.02. The van der Waals surface area contributed by atoms with Gasteiger partial charge < -0.3 is 24.7 Å². The minimum atomic E-state index is -0.540. The third-order valence-electron chi connectivity index (χ3n) is 6.35. The highest BCUT2D eigenvalue weighted by atomic mass is 16.2. The maximum Gasteiger partial charge on any atom is 0.255 e. The summed E-state index contributed by atoms with van der Waals surface area (Å²) < 4.78 is 1.91. The zero-order chi connectivity index (χ0) is 19.7. The molecule has 4 heterocycles. The topological polar surface area (TPSA) is 86.3 Å². The smallest absolute Gasteiger partial charge is 0.255 e. The van der Waals surface area contributed by atoms with E-state index in [9.17, 15) is 9.59 Å². The average Bonchev–Trinajstić information content (AvgIpc) is 3.37. The second-order valence-corrected chi connectivity index (χ2v) is 8.02. The van der Waals surface area contributed by atoms with Gasteiger partial charge in [0.25, 0.3) is 5.91 Å². The van der Waals surface area contributed by atoms with E-state index in [2.05, 4.69) is 27.2 Å². The zero-order valence-corrected chi connectivity index (χ0v) is 16.5. The van der Waals surface area contributed by atoms with Gasteiger partial charge in [-0.2, -0.15) is 0 Å². The number of piperidine rings is 2. The van der Waals surface area contributed by atoms with Gasteiger partial charge in [-0.25, -0.2) is 4.98 Å².